The normalized spacial score (nSPS) is 10.8. The van der Waals surface area contributed by atoms with Crippen LogP contribution in [0.25, 0.3) is 10.9 Å². The number of nitrogens with zero attached hydrogens (tertiary/aromatic N) is 2. The van der Waals surface area contributed by atoms with E-state index < -0.39 is 17.2 Å². The first-order chi connectivity index (χ1) is 11.5. The van der Waals surface area contributed by atoms with Gasteiger partial charge in [-0.3, -0.25) is 14.3 Å². The smallest absolute Gasteiger partial charge is 0.276 e. The third kappa shape index (κ3) is 3.14. The van der Waals surface area contributed by atoms with E-state index in [1.807, 2.05) is 0 Å². The first kappa shape index (κ1) is 16.1. The molecular weight excluding hydrogens is 333 g/mol. The van der Waals surface area contributed by atoms with Crippen molar-refractivity contribution in [3.8, 4) is 0 Å². The van der Waals surface area contributed by atoms with Crippen LogP contribution in [-0.4, -0.2) is 15.7 Å². The van der Waals surface area contributed by atoms with Gasteiger partial charge in [0.05, 0.1) is 10.9 Å². The first-order valence-corrected chi connectivity index (χ1v) is 7.53. The molecule has 0 atom stereocenters. The second kappa shape index (κ2) is 6.41. The van der Waals surface area contributed by atoms with Crippen molar-refractivity contribution in [3.05, 3.63) is 74.8 Å². The topological polar surface area (TPSA) is 64.0 Å². The van der Waals surface area contributed by atoms with E-state index in [1.54, 1.807) is 31.3 Å². The van der Waals surface area contributed by atoms with Gasteiger partial charge in [0.15, 0.2) is 5.69 Å². The van der Waals surface area contributed by atoms with E-state index in [0.717, 1.165) is 11.6 Å². The average molecular weight is 346 g/mol. The Hall–Kier alpha value is -2.73. The van der Waals surface area contributed by atoms with Crippen LogP contribution in [0, 0.1) is 5.82 Å². The van der Waals surface area contributed by atoms with Crippen molar-refractivity contribution in [2.45, 2.75) is 6.54 Å². The molecule has 1 amide bonds. The fourth-order valence-electron chi connectivity index (χ4n) is 2.37. The molecule has 122 valence electrons. The highest BCUT2D eigenvalue weighted by molar-refractivity contribution is 6.30. The molecule has 1 N–H and O–H groups in total. The lowest BCUT2D eigenvalue weighted by atomic mass is 10.2. The zero-order valence-corrected chi connectivity index (χ0v) is 13.5. The van der Waals surface area contributed by atoms with Gasteiger partial charge in [0, 0.05) is 18.6 Å². The molecule has 0 spiro atoms. The maximum atomic E-state index is 13.4. The van der Waals surface area contributed by atoms with Crippen LogP contribution in [0.1, 0.15) is 16.1 Å². The molecule has 0 fully saturated rings. The number of carbonyl (C=O) groups excluding carboxylic acids is 1. The van der Waals surface area contributed by atoms with Gasteiger partial charge in [-0.25, -0.2) is 4.39 Å². The summed E-state index contributed by atoms with van der Waals surface area (Å²) in [5.41, 5.74) is 0.410. The minimum atomic E-state index is -0.614. The van der Waals surface area contributed by atoms with Crippen molar-refractivity contribution < 1.29 is 9.18 Å². The Morgan fingerprint density at radius 2 is 1.96 bits per heavy atom. The molecule has 0 unspecified atom stereocenters. The van der Waals surface area contributed by atoms with Crippen molar-refractivity contribution in [1.82, 2.24) is 15.1 Å². The van der Waals surface area contributed by atoms with Crippen molar-refractivity contribution >= 4 is 28.4 Å². The second-order valence-electron chi connectivity index (χ2n) is 5.27. The van der Waals surface area contributed by atoms with Gasteiger partial charge in [-0.1, -0.05) is 23.7 Å². The van der Waals surface area contributed by atoms with Crippen LogP contribution >= 0.6 is 11.6 Å². The maximum absolute atomic E-state index is 13.4. The van der Waals surface area contributed by atoms with Gasteiger partial charge in [-0.05, 0) is 35.9 Å². The molecule has 0 aliphatic rings. The molecule has 2 aromatic carbocycles. The molecule has 24 heavy (non-hydrogen) atoms. The molecule has 0 aliphatic carbocycles. The molecule has 0 radical (unpaired) electrons. The maximum Gasteiger partial charge on any atom is 0.276 e. The summed E-state index contributed by atoms with van der Waals surface area (Å²) in [5, 5.41) is 7.35. The summed E-state index contributed by atoms with van der Waals surface area (Å²) in [6, 6.07) is 10.7. The fourth-order valence-corrected chi connectivity index (χ4v) is 2.49. The zero-order chi connectivity index (χ0) is 17.3. The number of aryl methyl sites for hydroxylation is 1. The van der Waals surface area contributed by atoms with E-state index in [0.29, 0.717) is 10.5 Å². The Bertz CT molecular complexity index is 984. The zero-order valence-electron chi connectivity index (χ0n) is 12.7. The Morgan fingerprint density at radius 3 is 2.67 bits per heavy atom. The van der Waals surface area contributed by atoms with Gasteiger partial charge in [0.2, 0.25) is 5.43 Å². The summed E-state index contributed by atoms with van der Waals surface area (Å²) >= 11 is 5.80. The van der Waals surface area contributed by atoms with Crippen LogP contribution in [0.5, 0.6) is 0 Å². The van der Waals surface area contributed by atoms with Gasteiger partial charge in [0.1, 0.15) is 5.82 Å². The highest BCUT2D eigenvalue weighted by Crippen LogP contribution is 2.12. The number of aromatic nitrogens is 2. The van der Waals surface area contributed by atoms with E-state index >= 15 is 0 Å². The van der Waals surface area contributed by atoms with Crippen LogP contribution < -0.4 is 10.7 Å². The number of hydrogen-bond donors (Lipinski definition) is 1. The lowest BCUT2D eigenvalue weighted by Gasteiger charge is -2.09. The third-order valence-corrected chi connectivity index (χ3v) is 3.85. The van der Waals surface area contributed by atoms with E-state index in [2.05, 4.69) is 10.4 Å². The summed E-state index contributed by atoms with van der Waals surface area (Å²) < 4.78 is 14.8. The Balaban J connectivity index is 1.91. The van der Waals surface area contributed by atoms with Crippen molar-refractivity contribution in [2.75, 3.05) is 0 Å². The highest BCUT2D eigenvalue weighted by Gasteiger charge is 2.16. The summed E-state index contributed by atoms with van der Waals surface area (Å²) in [5.74, 6) is -1.16. The van der Waals surface area contributed by atoms with Crippen molar-refractivity contribution in [3.63, 3.8) is 0 Å². The van der Waals surface area contributed by atoms with Gasteiger partial charge in [-0.2, -0.15) is 5.10 Å². The number of hydrogen-bond acceptors (Lipinski definition) is 3. The van der Waals surface area contributed by atoms with Crippen LogP contribution in [0.3, 0.4) is 0 Å². The number of fused-ring (bicyclic) bond motifs is 1. The number of nitrogens with one attached hydrogen (secondary N) is 1. The largest absolute Gasteiger partial charge is 0.346 e. The minimum absolute atomic E-state index is 0.115. The van der Waals surface area contributed by atoms with E-state index in [9.17, 15) is 14.0 Å². The monoisotopic (exact) mass is 345 g/mol. The lowest BCUT2D eigenvalue weighted by Crippen LogP contribution is -2.31. The molecule has 0 saturated carbocycles. The molecule has 3 rings (SSSR count). The SMILES string of the molecule is Cn1nc(C(=O)NCc2ccc(Cl)cc2)c(=O)c2cc(F)ccc21. The number of halogens is 2. The molecule has 0 bridgehead atoms. The molecular formula is C17H13ClFN3O2. The Labute approximate surface area is 141 Å². The fraction of sp³-hybridized carbons (Fsp3) is 0.118. The first-order valence-electron chi connectivity index (χ1n) is 7.15. The predicted octanol–water partition coefficient (Wildman–Crippen LogP) is 2.66. The molecule has 7 heteroatoms. The van der Waals surface area contributed by atoms with Crippen molar-refractivity contribution in [2.24, 2.45) is 7.05 Å². The summed E-state index contributed by atoms with van der Waals surface area (Å²) in [4.78, 5) is 24.7. The summed E-state index contributed by atoms with van der Waals surface area (Å²) in [7, 11) is 1.59. The van der Waals surface area contributed by atoms with E-state index in [-0.39, 0.29) is 17.6 Å². The van der Waals surface area contributed by atoms with Crippen LogP contribution in [0.4, 0.5) is 4.39 Å². The number of rotatable bonds is 3. The number of carbonyl (C=O) groups is 1. The Morgan fingerprint density at radius 1 is 1.25 bits per heavy atom. The van der Waals surface area contributed by atoms with Crippen LogP contribution in [0.15, 0.2) is 47.3 Å². The predicted molar refractivity (Wildman–Crippen MR) is 89.6 cm³/mol. The highest BCUT2D eigenvalue weighted by atomic mass is 35.5. The number of amides is 1. The van der Waals surface area contributed by atoms with Gasteiger partial charge in [0.25, 0.3) is 5.91 Å². The third-order valence-electron chi connectivity index (χ3n) is 3.60. The number of benzene rings is 2. The van der Waals surface area contributed by atoms with Gasteiger partial charge >= 0.3 is 0 Å². The summed E-state index contributed by atoms with van der Waals surface area (Å²) in [6.07, 6.45) is 0. The Kier molecular flexibility index (Phi) is 4.31. The quantitative estimate of drug-likeness (QED) is 0.793. The minimum Gasteiger partial charge on any atom is -0.346 e. The lowest BCUT2D eigenvalue weighted by molar-refractivity contribution is 0.0943. The van der Waals surface area contributed by atoms with E-state index in [4.69, 9.17) is 11.6 Å². The van der Waals surface area contributed by atoms with Gasteiger partial charge in [-0.15, -0.1) is 0 Å². The molecule has 3 aromatic rings. The van der Waals surface area contributed by atoms with Crippen LogP contribution in [-0.2, 0) is 13.6 Å². The summed E-state index contributed by atoms with van der Waals surface area (Å²) in [6.45, 7) is 0.224. The standard InChI is InChI=1S/C17H13ClFN3O2/c1-22-14-7-6-12(19)8-13(14)16(23)15(21-22)17(24)20-9-10-2-4-11(18)5-3-10/h2-8H,9H2,1H3,(H,20,24). The molecule has 1 aromatic heterocycles. The van der Waals surface area contributed by atoms with Crippen LogP contribution in [0.2, 0.25) is 5.02 Å². The molecule has 1 heterocycles. The van der Waals surface area contributed by atoms with Crippen molar-refractivity contribution in [1.29, 1.82) is 0 Å². The molecule has 0 saturated heterocycles. The van der Waals surface area contributed by atoms with Gasteiger partial charge < -0.3 is 5.32 Å². The average Bonchev–Trinajstić information content (AvgIpc) is 2.57. The molecule has 5 nitrogen and oxygen atoms in total. The second-order valence-corrected chi connectivity index (χ2v) is 5.71. The molecule has 0 aliphatic heterocycles. The van der Waals surface area contributed by atoms with E-state index in [1.165, 1.54) is 16.8 Å².